The number of para-hydroxylation sites is 1. The predicted octanol–water partition coefficient (Wildman–Crippen LogP) is 4.02. The van der Waals surface area contributed by atoms with Gasteiger partial charge < -0.3 is 20.1 Å². The molecular weight excluding hydrogens is 404 g/mol. The van der Waals surface area contributed by atoms with Gasteiger partial charge in [0.1, 0.15) is 18.1 Å². The average molecular weight is 433 g/mol. The summed E-state index contributed by atoms with van der Waals surface area (Å²) in [6.07, 6.45) is 0. The number of ether oxygens (including phenoxy) is 2. The molecule has 2 N–H and O–H groups in total. The zero-order valence-corrected chi connectivity index (χ0v) is 18.4. The molecular formula is C26H28N2O4. The first-order valence-electron chi connectivity index (χ1n) is 10.6. The molecule has 0 fully saturated rings. The standard InChI is InChI=1S/C26H28N2O4/c1-3-31-24-10-5-4-9-23(24)26(30)28-17-25(29)27-16-20-11-13-22(14-12-20)32-18-21-8-6-7-19(2)15-21/h4-15H,3,16-18H2,1-2H3,(H,27,29)(H,28,30). The van der Waals surface area contributed by atoms with Gasteiger partial charge in [-0.05, 0) is 49.2 Å². The van der Waals surface area contributed by atoms with Crippen molar-refractivity contribution in [2.45, 2.75) is 27.0 Å². The number of carbonyl (C=O) groups excluding carboxylic acids is 2. The number of amides is 2. The van der Waals surface area contributed by atoms with Crippen molar-refractivity contribution in [1.82, 2.24) is 10.6 Å². The molecule has 0 spiro atoms. The molecule has 6 nitrogen and oxygen atoms in total. The smallest absolute Gasteiger partial charge is 0.255 e. The van der Waals surface area contributed by atoms with Crippen LogP contribution in [0.2, 0.25) is 0 Å². The van der Waals surface area contributed by atoms with Crippen LogP contribution in [0.5, 0.6) is 11.5 Å². The molecule has 0 aliphatic heterocycles. The maximum Gasteiger partial charge on any atom is 0.255 e. The third-order valence-corrected chi connectivity index (χ3v) is 4.74. The van der Waals surface area contributed by atoms with Crippen LogP contribution in [0, 0.1) is 6.92 Å². The third-order valence-electron chi connectivity index (χ3n) is 4.74. The molecule has 0 aliphatic carbocycles. The zero-order chi connectivity index (χ0) is 22.8. The van der Waals surface area contributed by atoms with Gasteiger partial charge in [-0.3, -0.25) is 9.59 Å². The van der Waals surface area contributed by atoms with Crippen LogP contribution in [-0.4, -0.2) is 25.0 Å². The number of rotatable bonds is 10. The van der Waals surface area contributed by atoms with E-state index in [9.17, 15) is 9.59 Å². The molecule has 0 atom stereocenters. The Morgan fingerprint density at radius 2 is 1.62 bits per heavy atom. The molecule has 32 heavy (non-hydrogen) atoms. The largest absolute Gasteiger partial charge is 0.493 e. The third kappa shape index (κ3) is 6.87. The molecule has 0 saturated carbocycles. The number of nitrogens with one attached hydrogen (secondary N) is 2. The zero-order valence-electron chi connectivity index (χ0n) is 18.4. The van der Waals surface area contributed by atoms with Crippen LogP contribution in [0.25, 0.3) is 0 Å². The van der Waals surface area contributed by atoms with Gasteiger partial charge in [-0.1, -0.05) is 54.1 Å². The van der Waals surface area contributed by atoms with E-state index in [1.165, 1.54) is 5.56 Å². The van der Waals surface area contributed by atoms with Gasteiger partial charge in [0.15, 0.2) is 0 Å². The van der Waals surface area contributed by atoms with Gasteiger partial charge in [-0.25, -0.2) is 0 Å². The quantitative estimate of drug-likeness (QED) is 0.507. The van der Waals surface area contributed by atoms with Crippen molar-refractivity contribution in [3.05, 3.63) is 95.1 Å². The second kappa shape index (κ2) is 11.6. The molecule has 3 aromatic rings. The minimum atomic E-state index is -0.348. The number of benzene rings is 3. The summed E-state index contributed by atoms with van der Waals surface area (Å²) in [5, 5.41) is 5.43. The van der Waals surface area contributed by atoms with E-state index >= 15 is 0 Å². The lowest BCUT2D eigenvalue weighted by molar-refractivity contribution is -0.120. The second-order valence-corrected chi connectivity index (χ2v) is 7.31. The van der Waals surface area contributed by atoms with E-state index in [-0.39, 0.29) is 18.4 Å². The first-order chi connectivity index (χ1) is 15.5. The van der Waals surface area contributed by atoms with Crippen LogP contribution in [0.3, 0.4) is 0 Å². The van der Waals surface area contributed by atoms with Crippen LogP contribution in [0.15, 0.2) is 72.8 Å². The summed E-state index contributed by atoms with van der Waals surface area (Å²) in [5.74, 6) is 0.644. The van der Waals surface area contributed by atoms with Crippen molar-refractivity contribution >= 4 is 11.8 Å². The second-order valence-electron chi connectivity index (χ2n) is 7.31. The van der Waals surface area contributed by atoms with Crippen molar-refractivity contribution in [1.29, 1.82) is 0 Å². The summed E-state index contributed by atoms with van der Waals surface area (Å²) in [7, 11) is 0. The lowest BCUT2D eigenvalue weighted by Crippen LogP contribution is -2.36. The molecule has 166 valence electrons. The van der Waals surface area contributed by atoms with Gasteiger partial charge in [0.05, 0.1) is 18.7 Å². The highest BCUT2D eigenvalue weighted by Gasteiger charge is 2.13. The molecule has 3 aromatic carbocycles. The summed E-state index contributed by atoms with van der Waals surface area (Å²) in [5.41, 5.74) is 3.66. The lowest BCUT2D eigenvalue weighted by atomic mass is 10.1. The summed E-state index contributed by atoms with van der Waals surface area (Å²) in [6.45, 7) is 5.12. The summed E-state index contributed by atoms with van der Waals surface area (Å²) < 4.78 is 11.3. The Labute approximate surface area is 188 Å². The highest BCUT2D eigenvalue weighted by Crippen LogP contribution is 2.17. The Balaban J connectivity index is 1.42. The molecule has 0 radical (unpaired) electrons. The molecule has 0 heterocycles. The van der Waals surface area contributed by atoms with E-state index in [4.69, 9.17) is 9.47 Å². The van der Waals surface area contributed by atoms with Gasteiger partial charge in [0.25, 0.3) is 5.91 Å². The fourth-order valence-electron chi connectivity index (χ4n) is 3.13. The predicted molar refractivity (Wildman–Crippen MR) is 124 cm³/mol. The Kier molecular flexibility index (Phi) is 8.26. The maximum absolute atomic E-state index is 12.4. The summed E-state index contributed by atoms with van der Waals surface area (Å²) in [6, 6.07) is 22.7. The van der Waals surface area contributed by atoms with E-state index < -0.39 is 0 Å². The Morgan fingerprint density at radius 3 is 2.38 bits per heavy atom. The van der Waals surface area contributed by atoms with Crippen LogP contribution >= 0.6 is 0 Å². The topological polar surface area (TPSA) is 76.7 Å². The summed E-state index contributed by atoms with van der Waals surface area (Å²) in [4.78, 5) is 24.5. The Morgan fingerprint density at radius 1 is 0.844 bits per heavy atom. The van der Waals surface area contributed by atoms with E-state index in [1.807, 2.05) is 43.3 Å². The van der Waals surface area contributed by atoms with Crippen LogP contribution in [0.4, 0.5) is 0 Å². The molecule has 0 aliphatic rings. The monoisotopic (exact) mass is 432 g/mol. The van der Waals surface area contributed by atoms with Gasteiger partial charge in [0.2, 0.25) is 5.91 Å². The van der Waals surface area contributed by atoms with Gasteiger partial charge in [-0.15, -0.1) is 0 Å². The van der Waals surface area contributed by atoms with E-state index in [0.29, 0.717) is 31.1 Å². The molecule has 0 bridgehead atoms. The highest BCUT2D eigenvalue weighted by atomic mass is 16.5. The first-order valence-corrected chi connectivity index (χ1v) is 10.6. The first kappa shape index (κ1) is 22.9. The molecule has 2 amide bonds. The van der Waals surface area contributed by atoms with Gasteiger partial charge in [-0.2, -0.15) is 0 Å². The SMILES string of the molecule is CCOc1ccccc1C(=O)NCC(=O)NCc1ccc(OCc2cccc(C)c2)cc1. The van der Waals surface area contributed by atoms with Crippen molar-refractivity contribution in [3.63, 3.8) is 0 Å². The molecule has 0 aromatic heterocycles. The maximum atomic E-state index is 12.4. The van der Waals surface area contributed by atoms with Gasteiger partial charge >= 0.3 is 0 Å². The normalized spacial score (nSPS) is 10.3. The minimum Gasteiger partial charge on any atom is -0.493 e. The summed E-state index contributed by atoms with van der Waals surface area (Å²) >= 11 is 0. The van der Waals surface area contributed by atoms with Crippen LogP contribution < -0.4 is 20.1 Å². The van der Waals surface area contributed by atoms with Crippen molar-refractivity contribution in [2.75, 3.05) is 13.2 Å². The van der Waals surface area contributed by atoms with Crippen molar-refractivity contribution < 1.29 is 19.1 Å². The highest BCUT2D eigenvalue weighted by molar-refractivity contribution is 5.98. The van der Waals surface area contributed by atoms with Crippen LogP contribution in [-0.2, 0) is 17.9 Å². The number of hydrogen-bond acceptors (Lipinski definition) is 4. The van der Waals surface area contributed by atoms with Crippen LogP contribution in [0.1, 0.15) is 34.0 Å². The van der Waals surface area contributed by atoms with Crippen molar-refractivity contribution in [2.24, 2.45) is 0 Å². The van der Waals surface area contributed by atoms with Crippen molar-refractivity contribution in [3.8, 4) is 11.5 Å². The molecule has 6 heteroatoms. The van der Waals surface area contributed by atoms with Gasteiger partial charge in [0, 0.05) is 6.54 Å². The molecule has 0 unspecified atom stereocenters. The average Bonchev–Trinajstić information content (AvgIpc) is 2.81. The van der Waals surface area contributed by atoms with E-state index in [2.05, 4.69) is 29.7 Å². The van der Waals surface area contributed by atoms with E-state index in [1.54, 1.807) is 24.3 Å². The Hall–Kier alpha value is -3.80. The fourth-order valence-corrected chi connectivity index (χ4v) is 3.13. The lowest BCUT2D eigenvalue weighted by Gasteiger charge is -2.11. The fraction of sp³-hybridized carbons (Fsp3) is 0.231. The number of aryl methyl sites for hydroxylation is 1. The minimum absolute atomic E-state index is 0.114. The Bertz CT molecular complexity index is 1050. The number of hydrogen-bond donors (Lipinski definition) is 2. The van der Waals surface area contributed by atoms with E-state index in [0.717, 1.165) is 16.9 Å². The molecule has 3 rings (SSSR count). The molecule has 0 saturated heterocycles. The number of carbonyl (C=O) groups is 2.